The van der Waals surface area contributed by atoms with Crippen molar-refractivity contribution in [3.05, 3.63) is 28.5 Å². The van der Waals surface area contributed by atoms with Gasteiger partial charge < -0.3 is 5.73 Å². The maximum absolute atomic E-state index is 5.54. The zero-order valence-corrected chi connectivity index (χ0v) is 10.2. The average molecular weight is 234 g/mol. The fraction of sp³-hybridized carbons (Fsp3) is 0.364. The Morgan fingerprint density at radius 3 is 2.56 bits per heavy atom. The van der Waals surface area contributed by atoms with E-state index < -0.39 is 0 Å². The molecule has 4 nitrogen and oxygen atoms in total. The maximum Gasteiger partial charge on any atom is 0.188 e. The molecule has 0 saturated carbocycles. The molecule has 0 aliphatic rings. The third-order valence-electron chi connectivity index (χ3n) is 2.24. The van der Waals surface area contributed by atoms with Crippen molar-refractivity contribution in [2.75, 3.05) is 6.54 Å². The van der Waals surface area contributed by atoms with E-state index in [0.29, 0.717) is 12.4 Å². The molecule has 0 radical (unpaired) electrons. The van der Waals surface area contributed by atoms with Gasteiger partial charge in [-0.15, -0.1) is 11.3 Å². The molecule has 2 rings (SSSR count). The molecule has 2 aromatic heterocycles. The van der Waals surface area contributed by atoms with Crippen LogP contribution in [0.5, 0.6) is 0 Å². The number of nitrogens with two attached hydrogens (primary N) is 1. The van der Waals surface area contributed by atoms with Crippen LogP contribution < -0.4 is 5.73 Å². The van der Waals surface area contributed by atoms with Gasteiger partial charge in [-0.1, -0.05) is 0 Å². The van der Waals surface area contributed by atoms with Crippen LogP contribution in [0.3, 0.4) is 0 Å². The molecule has 0 fully saturated rings. The van der Waals surface area contributed by atoms with Gasteiger partial charge >= 0.3 is 0 Å². The highest BCUT2D eigenvalue weighted by Gasteiger charge is 2.10. The minimum Gasteiger partial charge on any atom is -0.330 e. The van der Waals surface area contributed by atoms with Crippen LogP contribution in [0.15, 0.2) is 12.4 Å². The molecule has 0 saturated heterocycles. The van der Waals surface area contributed by atoms with E-state index in [4.69, 9.17) is 5.73 Å². The standard InChI is InChI=1S/C11H14N4S/c1-7-5-13-10(14-6-7)11-15-8(2)9(16-11)3-4-12/h5-6H,3-4,12H2,1-2H3. The van der Waals surface area contributed by atoms with E-state index in [0.717, 1.165) is 22.7 Å². The first-order valence-corrected chi connectivity index (χ1v) is 5.97. The Kier molecular flexibility index (Phi) is 3.26. The van der Waals surface area contributed by atoms with E-state index in [1.165, 1.54) is 4.88 Å². The Bertz CT molecular complexity index is 475. The lowest BCUT2D eigenvalue weighted by Crippen LogP contribution is -2.01. The van der Waals surface area contributed by atoms with Crippen molar-refractivity contribution in [1.82, 2.24) is 15.0 Å². The summed E-state index contributed by atoms with van der Waals surface area (Å²) in [6, 6.07) is 0. The van der Waals surface area contributed by atoms with Gasteiger partial charge in [-0.25, -0.2) is 15.0 Å². The van der Waals surface area contributed by atoms with Gasteiger partial charge in [-0.05, 0) is 32.4 Å². The summed E-state index contributed by atoms with van der Waals surface area (Å²) in [7, 11) is 0. The number of aromatic nitrogens is 3. The highest BCUT2D eigenvalue weighted by Crippen LogP contribution is 2.25. The van der Waals surface area contributed by atoms with Gasteiger partial charge in [0, 0.05) is 17.3 Å². The molecule has 0 amide bonds. The lowest BCUT2D eigenvalue weighted by Gasteiger charge is -1.94. The van der Waals surface area contributed by atoms with Gasteiger partial charge in [0.25, 0.3) is 0 Å². The summed E-state index contributed by atoms with van der Waals surface area (Å²) in [4.78, 5) is 14.2. The summed E-state index contributed by atoms with van der Waals surface area (Å²) in [6.07, 6.45) is 4.48. The Morgan fingerprint density at radius 1 is 1.25 bits per heavy atom. The molecule has 0 spiro atoms. The first kappa shape index (κ1) is 11.2. The first-order chi connectivity index (χ1) is 7.70. The van der Waals surface area contributed by atoms with Crippen molar-refractivity contribution in [3.63, 3.8) is 0 Å². The Labute approximate surface area is 98.6 Å². The lowest BCUT2D eigenvalue weighted by atomic mass is 10.3. The quantitative estimate of drug-likeness (QED) is 0.878. The number of hydrogen-bond donors (Lipinski definition) is 1. The van der Waals surface area contributed by atoms with E-state index in [9.17, 15) is 0 Å². The molecule has 0 unspecified atom stereocenters. The van der Waals surface area contributed by atoms with Crippen LogP contribution in [-0.4, -0.2) is 21.5 Å². The number of thiazole rings is 1. The van der Waals surface area contributed by atoms with Crippen molar-refractivity contribution in [1.29, 1.82) is 0 Å². The maximum atomic E-state index is 5.54. The summed E-state index contributed by atoms with van der Waals surface area (Å²) in [5.41, 5.74) is 7.64. The Balaban J connectivity index is 2.33. The molecule has 2 heterocycles. The molecule has 2 aromatic rings. The van der Waals surface area contributed by atoms with Crippen LogP contribution in [0, 0.1) is 13.8 Å². The molecule has 0 aliphatic heterocycles. The third kappa shape index (κ3) is 2.25. The highest BCUT2D eigenvalue weighted by molar-refractivity contribution is 7.15. The largest absolute Gasteiger partial charge is 0.330 e. The van der Waals surface area contributed by atoms with Gasteiger partial charge in [0.05, 0.1) is 5.69 Å². The van der Waals surface area contributed by atoms with Crippen molar-refractivity contribution in [3.8, 4) is 10.8 Å². The van der Waals surface area contributed by atoms with E-state index in [-0.39, 0.29) is 0 Å². The predicted octanol–water partition coefficient (Wildman–Crippen LogP) is 1.72. The molecule has 16 heavy (non-hydrogen) atoms. The molecular formula is C11H14N4S. The summed E-state index contributed by atoms with van der Waals surface area (Å²) >= 11 is 1.63. The van der Waals surface area contributed by atoms with Crippen LogP contribution in [0.4, 0.5) is 0 Å². The average Bonchev–Trinajstić information content (AvgIpc) is 2.62. The molecule has 84 valence electrons. The Morgan fingerprint density at radius 2 is 1.94 bits per heavy atom. The normalized spacial score (nSPS) is 10.7. The predicted molar refractivity (Wildman–Crippen MR) is 65.4 cm³/mol. The van der Waals surface area contributed by atoms with Crippen LogP contribution >= 0.6 is 11.3 Å². The van der Waals surface area contributed by atoms with Crippen LogP contribution in [0.1, 0.15) is 16.1 Å². The van der Waals surface area contributed by atoms with E-state index in [1.807, 2.05) is 26.2 Å². The zero-order chi connectivity index (χ0) is 11.5. The number of aryl methyl sites for hydroxylation is 2. The third-order valence-corrected chi connectivity index (χ3v) is 3.45. The zero-order valence-electron chi connectivity index (χ0n) is 9.40. The molecule has 0 aromatic carbocycles. The summed E-state index contributed by atoms with van der Waals surface area (Å²) in [6.45, 7) is 4.62. The fourth-order valence-electron chi connectivity index (χ4n) is 1.39. The minimum absolute atomic E-state index is 0.650. The van der Waals surface area contributed by atoms with E-state index in [2.05, 4.69) is 15.0 Å². The van der Waals surface area contributed by atoms with Crippen molar-refractivity contribution in [2.45, 2.75) is 20.3 Å². The molecule has 5 heteroatoms. The second-order valence-corrected chi connectivity index (χ2v) is 4.73. The second-order valence-electron chi connectivity index (χ2n) is 3.65. The van der Waals surface area contributed by atoms with E-state index >= 15 is 0 Å². The van der Waals surface area contributed by atoms with Crippen LogP contribution in [0.25, 0.3) is 10.8 Å². The van der Waals surface area contributed by atoms with Gasteiger partial charge in [0.2, 0.25) is 0 Å². The van der Waals surface area contributed by atoms with E-state index in [1.54, 1.807) is 11.3 Å². The molecule has 0 atom stereocenters. The van der Waals surface area contributed by atoms with Gasteiger partial charge in [0.1, 0.15) is 0 Å². The van der Waals surface area contributed by atoms with Crippen molar-refractivity contribution < 1.29 is 0 Å². The fourth-order valence-corrected chi connectivity index (χ4v) is 2.42. The number of hydrogen-bond acceptors (Lipinski definition) is 5. The highest BCUT2D eigenvalue weighted by atomic mass is 32.1. The molecular weight excluding hydrogens is 220 g/mol. The molecule has 2 N–H and O–H groups in total. The van der Waals surface area contributed by atoms with Crippen molar-refractivity contribution >= 4 is 11.3 Å². The van der Waals surface area contributed by atoms with Gasteiger partial charge in [-0.3, -0.25) is 0 Å². The molecule has 0 aliphatic carbocycles. The first-order valence-electron chi connectivity index (χ1n) is 5.16. The SMILES string of the molecule is Cc1cnc(-c2nc(C)c(CCN)s2)nc1. The second kappa shape index (κ2) is 4.67. The molecule has 0 bridgehead atoms. The lowest BCUT2D eigenvalue weighted by molar-refractivity contribution is 0.970. The summed E-state index contributed by atoms with van der Waals surface area (Å²) in [5, 5.41) is 0.876. The smallest absolute Gasteiger partial charge is 0.188 e. The topological polar surface area (TPSA) is 64.7 Å². The van der Waals surface area contributed by atoms with Crippen molar-refractivity contribution in [2.24, 2.45) is 5.73 Å². The minimum atomic E-state index is 0.650. The summed E-state index contributed by atoms with van der Waals surface area (Å²) in [5.74, 6) is 0.696. The monoisotopic (exact) mass is 234 g/mol. The van der Waals surface area contributed by atoms with Gasteiger partial charge in [-0.2, -0.15) is 0 Å². The van der Waals surface area contributed by atoms with Gasteiger partial charge in [0.15, 0.2) is 10.8 Å². The Hall–Kier alpha value is -1.33. The van der Waals surface area contributed by atoms with Crippen LogP contribution in [0.2, 0.25) is 0 Å². The summed E-state index contributed by atoms with van der Waals surface area (Å²) < 4.78 is 0. The van der Waals surface area contributed by atoms with Crippen LogP contribution in [-0.2, 0) is 6.42 Å². The number of nitrogens with zero attached hydrogens (tertiary/aromatic N) is 3. The number of rotatable bonds is 3.